The van der Waals surface area contributed by atoms with Gasteiger partial charge < -0.3 is 10.6 Å². The van der Waals surface area contributed by atoms with E-state index in [-0.39, 0.29) is 18.3 Å². The fourth-order valence-corrected chi connectivity index (χ4v) is 3.69. The van der Waals surface area contributed by atoms with Crippen molar-refractivity contribution in [3.8, 4) is 0 Å². The van der Waals surface area contributed by atoms with Crippen LogP contribution in [0.4, 0.5) is 5.69 Å². The zero-order valence-electron chi connectivity index (χ0n) is 13.9. The predicted molar refractivity (Wildman–Crippen MR) is 97.4 cm³/mol. The number of likely N-dealkylation sites (tertiary alicyclic amines) is 1. The highest BCUT2D eigenvalue weighted by Crippen LogP contribution is 2.25. The van der Waals surface area contributed by atoms with Crippen LogP contribution in [0.1, 0.15) is 30.4 Å². The van der Waals surface area contributed by atoms with Gasteiger partial charge in [0.15, 0.2) is 0 Å². The number of halogens is 1. The second-order valence-electron chi connectivity index (χ2n) is 6.66. The third kappa shape index (κ3) is 4.93. The van der Waals surface area contributed by atoms with E-state index >= 15 is 0 Å². The topological polar surface area (TPSA) is 44.4 Å². The van der Waals surface area contributed by atoms with Crippen molar-refractivity contribution < 1.29 is 4.79 Å². The molecule has 1 aromatic rings. The van der Waals surface area contributed by atoms with E-state index in [2.05, 4.69) is 27.7 Å². The fourth-order valence-electron chi connectivity index (χ4n) is 3.69. The molecule has 4 nitrogen and oxygen atoms in total. The molecule has 0 unspecified atom stereocenters. The van der Waals surface area contributed by atoms with E-state index in [9.17, 15) is 4.79 Å². The van der Waals surface area contributed by atoms with E-state index in [1.807, 2.05) is 13.1 Å². The number of nitrogens with zero attached hydrogens (tertiary/aromatic N) is 1. The maximum atomic E-state index is 12.2. The number of rotatable bonds is 5. The van der Waals surface area contributed by atoms with E-state index in [0.717, 1.165) is 37.7 Å². The molecule has 23 heavy (non-hydrogen) atoms. The number of benzene rings is 1. The molecule has 0 saturated carbocycles. The molecule has 1 aliphatic carbocycles. The average molecular weight is 338 g/mol. The van der Waals surface area contributed by atoms with E-state index in [1.54, 1.807) is 0 Å². The minimum absolute atomic E-state index is 0. The molecule has 1 amide bonds. The lowest BCUT2D eigenvalue weighted by Crippen LogP contribution is -2.40. The molecular weight excluding hydrogens is 310 g/mol. The van der Waals surface area contributed by atoms with Crippen molar-refractivity contribution in [2.75, 3.05) is 38.5 Å². The van der Waals surface area contributed by atoms with Crippen molar-refractivity contribution in [3.63, 3.8) is 0 Å². The van der Waals surface area contributed by atoms with Crippen molar-refractivity contribution in [2.45, 2.75) is 32.1 Å². The Hall–Kier alpha value is -1.10. The summed E-state index contributed by atoms with van der Waals surface area (Å²) in [6, 6.07) is 6.36. The molecule has 2 aliphatic rings. The van der Waals surface area contributed by atoms with Gasteiger partial charge in [-0.05, 0) is 88.0 Å². The van der Waals surface area contributed by atoms with Crippen LogP contribution in [-0.4, -0.2) is 44.0 Å². The molecule has 1 fully saturated rings. The minimum Gasteiger partial charge on any atom is -0.325 e. The Kier molecular flexibility index (Phi) is 6.88. The third-order valence-corrected chi connectivity index (χ3v) is 4.95. The van der Waals surface area contributed by atoms with Crippen LogP contribution in [0.3, 0.4) is 0 Å². The highest BCUT2D eigenvalue weighted by molar-refractivity contribution is 5.92. The molecular formula is C18H28ClN3O. The molecule has 0 spiro atoms. The van der Waals surface area contributed by atoms with Gasteiger partial charge in [0.05, 0.1) is 6.54 Å². The summed E-state index contributed by atoms with van der Waals surface area (Å²) in [7, 11) is 2.01. The van der Waals surface area contributed by atoms with Gasteiger partial charge in [0, 0.05) is 5.69 Å². The Bertz CT molecular complexity index is 527. The number of nitrogens with one attached hydrogen (secondary N) is 2. The number of piperidine rings is 1. The molecule has 3 rings (SSSR count). The van der Waals surface area contributed by atoms with Gasteiger partial charge >= 0.3 is 0 Å². The maximum absolute atomic E-state index is 12.2. The van der Waals surface area contributed by atoms with Gasteiger partial charge in [0.25, 0.3) is 0 Å². The summed E-state index contributed by atoms with van der Waals surface area (Å²) in [6.07, 6.45) is 5.96. The number of hydrogen-bond donors (Lipinski definition) is 2. The van der Waals surface area contributed by atoms with Crippen LogP contribution in [0.15, 0.2) is 18.2 Å². The number of fused-ring (bicyclic) bond motifs is 1. The highest BCUT2D eigenvalue weighted by atomic mass is 35.5. The van der Waals surface area contributed by atoms with E-state index < -0.39 is 0 Å². The van der Waals surface area contributed by atoms with Crippen molar-refractivity contribution in [1.82, 2.24) is 10.2 Å². The smallest absolute Gasteiger partial charge is 0.238 e. The van der Waals surface area contributed by atoms with Crippen molar-refractivity contribution in [2.24, 2.45) is 5.92 Å². The molecule has 0 radical (unpaired) electrons. The lowest BCUT2D eigenvalue weighted by molar-refractivity contribution is -0.117. The zero-order valence-corrected chi connectivity index (χ0v) is 14.8. The number of anilines is 1. The Morgan fingerprint density at radius 3 is 2.70 bits per heavy atom. The molecule has 1 aliphatic heterocycles. The maximum Gasteiger partial charge on any atom is 0.238 e. The first-order valence-electron chi connectivity index (χ1n) is 8.53. The first kappa shape index (κ1) is 18.2. The molecule has 2 N–H and O–H groups in total. The van der Waals surface area contributed by atoms with Crippen LogP contribution in [0.5, 0.6) is 0 Å². The van der Waals surface area contributed by atoms with Gasteiger partial charge in [-0.3, -0.25) is 9.69 Å². The summed E-state index contributed by atoms with van der Waals surface area (Å²) >= 11 is 0. The Balaban J connectivity index is 0.00000192. The summed E-state index contributed by atoms with van der Waals surface area (Å²) in [5.74, 6) is 0.881. The molecule has 0 aromatic heterocycles. The van der Waals surface area contributed by atoms with Gasteiger partial charge in [0.1, 0.15) is 0 Å². The van der Waals surface area contributed by atoms with Crippen LogP contribution in [0, 0.1) is 5.92 Å². The molecule has 1 saturated heterocycles. The SMILES string of the molecule is CNCC1CCN(CC(=O)Nc2ccc3c(c2)CCC3)CC1.Cl. The zero-order chi connectivity index (χ0) is 15.4. The quantitative estimate of drug-likeness (QED) is 0.867. The van der Waals surface area contributed by atoms with E-state index in [4.69, 9.17) is 0 Å². The Labute approximate surface area is 145 Å². The van der Waals surface area contributed by atoms with Crippen molar-refractivity contribution >= 4 is 24.0 Å². The van der Waals surface area contributed by atoms with Gasteiger partial charge in [0.2, 0.25) is 5.91 Å². The fraction of sp³-hybridized carbons (Fsp3) is 0.611. The second-order valence-corrected chi connectivity index (χ2v) is 6.66. The van der Waals surface area contributed by atoms with Gasteiger partial charge in [-0.15, -0.1) is 12.4 Å². The van der Waals surface area contributed by atoms with Gasteiger partial charge in [-0.1, -0.05) is 6.07 Å². The van der Waals surface area contributed by atoms with Crippen LogP contribution >= 0.6 is 12.4 Å². The van der Waals surface area contributed by atoms with Crippen LogP contribution < -0.4 is 10.6 Å². The largest absolute Gasteiger partial charge is 0.325 e. The summed E-state index contributed by atoms with van der Waals surface area (Å²) in [4.78, 5) is 14.5. The Morgan fingerprint density at radius 2 is 1.96 bits per heavy atom. The van der Waals surface area contributed by atoms with Crippen LogP contribution in [0.25, 0.3) is 0 Å². The number of amides is 1. The lowest BCUT2D eigenvalue weighted by Gasteiger charge is -2.31. The summed E-state index contributed by atoms with van der Waals surface area (Å²) in [6.45, 7) is 3.67. The predicted octanol–water partition coefficient (Wildman–Crippen LogP) is 2.47. The van der Waals surface area contributed by atoms with E-state index in [1.165, 1.54) is 36.8 Å². The molecule has 0 atom stereocenters. The Morgan fingerprint density at radius 1 is 1.22 bits per heavy atom. The molecule has 0 bridgehead atoms. The van der Waals surface area contributed by atoms with Crippen LogP contribution in [0.2, 0.25) is 0 Å². The third-order valence-electron chi connectivity index (χ3n) is 4.95. The molecule has 1 heterocycles. The molecule has 128 valence electrons. The van der Waals surface area contributed by atoms with Gasteiger partial charge in [-0.25, -0.2) is 0 Å². The van der Waals surface area contributed by atoms with E-state index in [0.29, 0.717) is 6.54 Å². The lowest BCUT2D eigenvalue weighted by atomic mass is 9.97. The first-order valence-corrected chi connectivity index (χ1v) is 8.53. The second kappa shape index (κ2) is 8.67. The average Bonchev–Trinajstić information content (AvgIpc) is 2.97. The monoisotopic (exact) mass is 337 g/mol. The van der Waals surface area contributed by atoms with Crippen LogP contribution in [-0.2, 0) is 17.6 Å². The standard InChI is InChI=1S/C18H27N3O.ClH/c1-19-12-14-7-9-21(10-8-14)13-18(22)20-17-6-5-15-3-2-4-16(15)11-17;/h5-6,11,14,19H,2-4,7-10,12-13H2,1H3,(H,20,22);1H. The number of hydrogen-bond acceptors (Lipinski definition) is 3. The number of carbonyl (C=O) groups is 1. The first-order chi connectivity index (χ1) is 10.7. The minimum atomic E-state index is 0. The van der Waals surface area contributed by atoms with Crippen molar-refractivity contribution in [1.29, 1.82) is 0 Å². The summed E-state index contributed by atoms with van der Waals surface area (Å²) in [5, 5.41) is 6.31. The molecule has 1 aromatic carbocycles. The molecule has 5 heteroatoms. The van der Waals surface area contributed by atoms with Crippen molar-refractivity contribution in [3.05, 3.63) is 29.3 Å². The summed E-state index contributed by atoms with van der Waals surface area (Å²) < 4.78 is 0. The summed E-state index contributed by atoms with van der Waals surface area (Å²) in [5.41, 5.74) is 3.81. The number of aryl methyl sites for hydroxylation is 2. The number of carbonyl (C=O) groups excluding carboxylic acids is 1. The van der Waals surface area contributed by atoms with Gasteiger partial charge in [-0.2, -0.15) is 0 Å². The highest BCUT2D eigenvalue weighted by Gasteiger charge is 2.20. The normalized spacial score (nSPS) is 18.3.